The van der Waals surface area contributed by atoms with E-state index in [2.05, 4.69) is 31.1 Å². The monoisotopic (exact) mass is 252 g/mol. The van der Waals surface area contributed by atoms with E-state index in [4.69, 9.17) is 9.26 Å². The Morgan fingerprint density at radius 2 is 2.50 bits per heavy atom. The molecule has 2 aromatic rings. The molecule has 1 unspecified atom stereocenters. The van der Waals surface area contributed by atoms with Crippen LogP contribution in [0.3, 0.4) is 0 Å². The number of nitrogens with one attached hydrogen (secondary N) is 2. The fourth-order valence-electron chi connectivity index (χ4n) is 1.32. The van der Waals surface area contributed by atoms with E-state index < -0.39 is 0 Å². The van der Waals surface area contributed by atoms with Crippen molar-refractivity contribution in [2.75, 3.05) is 7.11 Å². The van der Waals surface area contributed by atoms with Gasteiger partial charge < -0.3 is 14.6 Å². The van der Waals surface area contributed by atoms with E-state index in [1.807, 2.05) is 0 Å². The van der Waals surface area contributed by atoms with Crippen molar-refractivity contribution in [1.29, 1.82) is 0 Å². The predicted molar refractivity (Wildman–Crippen MR) is 57.3 cm³/mol. The zero-order chi connectivity index (χ0) is 13.0. The summed E-state index contributed by atoms with van der Waals surface area (Å²) in [5, 5.41) is 19.6. The van der Waals surface area contributed by atoms with Gasteiger partial charge >= 0.3 is 0 Å². The van der Waals surface area contributed by atoms with Gasteiger partial charge in [0.25, 0.3) is 5.91 Å². The molecule has 0 saturated heterocycles. The molecule has 0 spiro atoms. The Labute approximate surface area is 102 Å². The van der Waals surface area contributed by atoms with Gasteiger partial charge in [-0.05, 0) is 6.92 Å². The molecule has 0 aliphatic carbocycles. The number of carbonyl (C=O) groups excluding carboxylic acids is 1. The number of methoxy groups -OCH3 is 1. The second-order valence-electron chi connectivity index (χ2n) is 3.58. The highest BCUT2D eigenvalue weighted by molar-refractivity contribution is 5.92. The van der Waals surface area contributed by atoms with Crippen LogP contribution in [-0.4, -0.2) is 38.8 Å². The first-order valence-electron chi connectivity index (χ1n) is 5.19. The lowest BCUT2D eigenvalue weighted by Gasteiger charge is -2.07. The van der Waals surface area contributed by atoms with Crippen LogP contribution in [0, 0.1) is 0 Å². The largest absolute Gasteiger partial charge is 0.377 e. The minimum absolute atomic E-state index is 0.178. The number of H-pyrrole nitrogens is 1. The van der Waals surface area contributed by atoms with Crippen LogP contribution >= 0.6 is 0 Å². The number of carbonyl (C=O) groups is 1. The lowest BCUT2D eigenvalue weighted by atomic mass is 10.3. The fourth-order valence-corrected chi connectivity index (χ4v) is 1.32. The van der Waals surface area contributed by atoms with Gasteiger partial charge in [-0.15, -0.1) is 10.2 Å². The number of hydrogen-bond acceptors (Lipinski definition) is 7. The molecule has 0 aromatic carbocycles. The van der Waals surface area contributed by atoms with E-state index in [1.54, 1.807) is 6.92 Å². The summed E-state index contributed by atoms with van der Waals surface area (Å²) in [6.07, 6.45) is 0. The van der Waals surface area contributed by atoms with Crippen LogP contribution in [0.5, 0.6) is 0 Å². The quantitative estimate of drug-likeness (QED) is 0.757. The minimum Gasteiger partial charge on any atom is -0.377 e. The topological polar surface area (TPSA) is 119 Å². The molecule has 0 saturated carbocycles. The summed E-state index contributed by atoms with van der Waals surface area (Å²) in [6, 6.07) is 1.14. The third kappa shape index (κ3) is 2.69. The van der Waals surface area contributed by atoms with Crippen molar-refractivity contribution >= 4 is 5.91 Å². The first kappa shape index (κ1) is 12.2. The lowest BCUT2D eigenvalue weighted by molar-refractivity contribution is 0.0928. The molecule has 18 heavy (non-hydrogen) atoms. The summed E-state index contributed by atoms with van der Waals surface area (Å²) in [6.45, 7) is 2.00. The average Bonchev–Trinajstić information content (AvgIpc) is 3.00. The van der Waals surface area contributed by atoms with Crippen LogP contribution in [0.25, 0.3) is 0 Å². The zero-order valence-corrected chi connectivity index (χ0v) is 9.88. The molecule has 96 valence electrons. The Balaban J connectivity index is 1.98. The molecule has 0 aliphatic rings. The Morgan fingerprint density at radius 1 is 1.67 bits per heavy atom. The third-order valence-corrected chi connectivity index (χ3v) is 2.17. The SMILES string of the molecule is COCc1cc(C(=O)NC(C)c2nn[nH]n2)no1. The van der Waals surface area contributed by atoms with E-state index in [-0.39, 0.29) is 24.2 Å². The fraction of sp³-hybridized carbons (Fsp3) is 0.444. The lowest BCUT2D eigenvalue weighted by Crippen LogP contribution is -2.27. The molecule has 0 aliphatic heterocycles. The Hall–Kier alpha value is -2.29. The van der Waals surface area contributed by atoms with Crippen LogP contribution < -0.4 is 5.32 Å². The minimum atomic E-state index is -0.376. The molecule has 2 N–H and O–H groups in total. The summed E-state index contributed by atoms with van der Waals surface area (Å²) >= 11 is 0. The molecule has 9 nitrogen and oxygen atoms in total. The molecule has 1 atom stereocenters. The summed E-state index contributed by atoms with van der Waals surface area (Å²) in [5.41, 5.74) is 0.178. The molecule has 0 radical (unpaired) electrons. The number of rotatable bonds is 5. The first-order chi connectivity index (χ1) is 8.70. The van der Waals surface area contributed by atoms with E-state index in [0.29, 0.717) is 11.6 Å². The second-order valence-corrected chi connectivity index (χ2v) is 3.58. The first-order valence-corrected chi connectivity index (χ1v) is 5.19. The van der Waals surface area contributed by atoms with Gasteiger partial charge in [-0.2, -0.15) is 5.21 Å². The van der Waals surface area contributed by atoms with Crippen molar-refractivity contribution in [3.63, 3.8) is 0 Å². The highest BCUT2D eigenvalue weighted by atomic mass is 16.5. The van der Waals surface area contributed by atoms with Gasteiger partial charge in [0.15, 0.2) is 17.3 Å². The molecule has 9 heteroatoms. The van der Waals surface area contributed by atoms with Gasteiger partial charge in [0, 0.05) is 13.2 Å². The zero-order valence-electron chi connectivity index (χ0n) is 9.88. The maximum absolute atomic E-state index is 11.8. The average molecular weight is 252 g/mol. The van der Waals surface area contributed by atoms with Gasteiger partial charge in [-0.25, -0.2) is 0 Å². The summed E-state index contributed by atoms with van der Waals surface area (Å²) in [5.74, 6) is 0.497. The van der Waals surface area contributed by atoms with Crippen molar-refractivity contribution < 1.29 is 14.1 Å². The maximum atomic E-state index is 11.8. The molecule has 0 bridgehead atoms. The Bertz CT molecular complexity index is 508. The summed E-state index contributed by atoms with van der Waals surface area (Å²) in [7, 11) is 1.53. The highest BCUT2D eigenvalue weighted by Crippen LogP contribution is 2.08. The molecular weight excluding hydrogens is 240 g/mol. The molecule has 0 fully saturated rings. The Kier molecular flexibility index (Phi) is 3.63. The summed E-state index contributed by atoms with van der Waals surface area (Å²) < 4.78 is 9.78. The van der Waals surface area contributed by atoms with Crippen LogP contribution in [0.1, 0.15) is 35.0 Å². The third-order valence-electron chi connectivity index (χ3n) is 2.17. The van der Waals surface area contributed by atoms with Crippen molar-refractivity contribution in [3.05, 3.63) is 23.3 Å². The van der Waals surface area contributed by atoms with Gasteiger partial charge in [0.1, 0.15) is 6.61 Å². The normalized spacial score (nSPS) is 12.3. The van der Waals surface area contributed by atoms with Crippen LogP contribution in [0.15, 0.2) is 10.6 Å². The molecule has 1 amide bonds. The van der Waals surface area contributed by atoms with Crippen molar-refractivity contribution in [3.8, 4) is 0 Å². The maximum Gasteiger partial charge on any atom is 0.274 e. The number of aromatic nitrogens is 5. The standard InChI is InChI=1S/C9H12N6O3/c1-5(8-11-14-15-12-8)10-9(16)7-3-6(4-17-2)18-13-7/h3,5H,4H2,1-2H3,(H,10,16)(H,11,12,14,15). The summed E-state index contributed by atoms with van der Waals surface area (Å²) in [4.78, 5) is 11.8. The second kappa shape index (κ2) is 5.36. The van der Waals surface area contributed by atoms with Crippen LogP contribution in [0.4, 0.5) is 0 Å². The Morgan fingerprint density at radius 3 is 3.17 bits per heavy atom. The number of tetrazole rings is 1. The van der Waals surface area contributed by atoms with Crippen molar-refractivity contribution in [2.24, 2.45) is 0 Å². The highest BCUT2D eigenvalue weighted by Gasteiger charge is 2.17. The number of aromatic amines is 1. The van der Waals surface area contributed by atoms with Gasteiger partial charge in [-0.1, -0.05) is 10.4 Å². The molecule has 2 rings (SSSR count). The number of hydrogen-bond donors (Lipinski definition) is 2. The number of amides is 1. The predicted octanol–water partition coefficient (Wildman–Crippen LogP) is -0.175. The van der Waals surface area contributed by atoms with Crippen LogP contribution in [-0.2, 0) is 11.3 Å². The van der Waals surface area contributed by atoms with E-state index in [9.17, 15) is 4.79 Å². The van der Waals surface area contributed by atoms with Crippen LogP contribution in [0.2, 0.25) is 0 Å². The molecule has 2 aromatic heterocycles. The van der Waals surface area contributed by atoms with E-state index in [0.717, 1.165) is 0 Å². The number of ether oxygens (including phenoxy) is 1. The number of nitrogens with zero attached hydrogens (tertiary/aromatic N) is 4. The molecule has 2 heterocycles. The smallest absolute Gasteiger partial charge is 0.274 e. The van der Waals surface area contributed by atoms with E-state index in [1.165, 1.54) is 13.2 Å². The van der Waals surface area contributed by atoms with Gasteiger partial charge in [0.05, 0.1) is 6.04 Å². The van der Waals surface area contributed by atoms with E-state index >= 15 is 0 Å². The van der Waals surface area contributed by atoms with Crippen molar-refractivity contribution in [2.45, 2.75) is 19.6 Å². The van der Waals surface area contributed by atoms with Gasteiger partial charge in [-0.3, -0.25) is 4.79 Å². The van der Waals surface area contributed by atoms with Crippen molar-refractivity contribution in [1.82, 2.24) is 31.1 Å². The van der Waals surface area contributed by atoms with Gasteiger partial charge in [0.2, 0.25) is 0 Å². The molecular formula is C9H12N6O3.